The van der Waals surface area contributed by atoms with Gasteiger partial charge in [0.1, 0.15) is 6.10 Å². The summed E-state index contributed by atoms with van der Waals surface area (Å²) in [5, 5.41) is 0. The summed E-state index contributed by atoms with van der Waals surface area (Å²) in [5.74, 6) is -5.61. The van der Waals surface area contributed by atoms with Crippen LogP contribution in [-0.4, -0.2) is 62.1 Å². The van der Waals surface area contributed by atoms with Gasteiger partial charge in [0.2, 0.25) is 0 Å². The molecule has 1 aliphatic heterocycles. The van der Waals surface area contributed by atoms with Crippen LogP contribution in [0.4, 0.5) is 0 Å². The van der Waals surface area contributed by atoms with Crippen molar-refractivity contribution in [2.45, 2.75) is 72.5 Å². The van der Waals surface area contributed by atoms with E-state index in [2.05, 4.69) is 0 Å². The smallest absolute Gasteiger partial charge is 0.339 e. The number of hydrogen-bond acceptors (Lipinski definition) is 11. The van der Waals surface area contributed by atoms with Gasteiger partial charge in [-0.1, -0.05) is 19.9 Å². The number of benzene rings is 1. The summed E-state index contributed by atoms with van der Waals surface area (Å²) in [6.07, 6.45) is -1.04. The van der Waals surface area contributed by atoms with Gasteiger partial charge in [0.05, 0.1) is 43.3 Å². The molecule has 3 aliphatic rings. The zero-order valence-electron chi connectivity index (χ0n) is 24.9. The van der Waals surface area contributed by atoms with Crippen molar-refractivity contribution in [3.63, 3.8) is 0 Å². The van der Waals surface area contributed by atoms with E-state index in [0.717, 1.165) is 0 Å². The second-order valence-corrected chi connectivity index (χ2v) is 11.7. The lowest BCUT2D eigenvalue weighted by Crippen LogP contribution is -2.64. The minimum atomic E-state index is -1.16. The van der Waals surface area contributed by atoms with Gasteiger partial charge in [-0.05, 0) is 61.6 Å². The van der Waals surface area contributed by atoms with E-state index < -0.39 is 70.6 Å². The van der Waals surface area contributed by atoms with Crippen LogP contribution in [0, 0.1) is 28.6 Å². The molecule has 11 heteroatoms. The Morgan fingerprint density at radius 1 is 0.976 bits per heavy atom. The Balaban J connectivity index is 1.79. The number of ether oxygens (including phenoxy) is 5. The van der Waals surface area contributed by atoms with Gasteiger partial charge >= 0.3 is 29.8 Å². The third kappa shape index (κ3) is 5.29. The first kappa shape index (κ1) is 31.2. The van der Waals surface area contributed by atoms with Crippen LogP contribution < -0.4 is 0 Å². The van der Waals surface area contributed by atoms with E-state index in [0.29, 0.717) is 18.4 Å². The fourth-order valence-corrected chi connectivity index (χ4v) is 7.53. The standard InChI is InChI=1S/C31H38O11/c1-7-39-26(34)18-10-9-17(13-19(18)27(35)40-8-2)23-15-31(5)20(29(37)42-23)11-12-30(4)21(28(36)38-6)14-22(41-16(3)32)24(33)25(30)31/h9-10,13,20-23,25H,7-8,11-12,14-15H2,1-6H3/t20-,21-,22-,23-,25-,30-,31-/m0/s1. The Bertz CT molecular complexity index is 1300. The van der Waals surface area contributed by atoms with Gasteiger partial charge in [0.15, 0.2) is 11.9 Å². The molecule has 0 aromatic heterocycles. The first-order valence-electron chi connectivity index (χ1n) is 14.3. The second-order valence-electron chi connectivity index (χ2n) is 11.7. The van der Waals surface area contributed by atoms with Crippen LogP contribution in [0.3, 0.4) is 0 Å². The Morgan fingerprint density at radius 2 is 1.62 bits per heavy atom. The first-order valence-corrected chi connectivity index (χ1v) is 14.3. The third-order valence-electron chi connectivity index (χ3n) is 9.30. The van der Waals surface area contributed by atoms with Gasteiger partial charge in [0.25, 0.3) is 0 Å². The molecule has 0 bridgehead atoms. The molecule has 1 saturated heterocycles. The zero-order chi connectivity index (χ0) is 31.0. The lowest BCUT2D eigenvalue weighted by Gasteiger charge is -2.61. The zero-order valence-corrected chi connectivity index (χ0v) is 24.9. The van der Waals surface area contributed by atoms with Crippen LogP contribution in [0.25, 0.3) is 0 Å². The summed E-state index contributed by atoms with van der Waals surface area (Å²) in [6, 6.07) is 4.47. The van der Waals surface area contributed by atoms with E-state index >= 15 is 0 Å². The van der Waals surface area contributed by atoms with E-state index in [1.165, 1.54) is 26.2 Å². The Morgan fingerprint density at radius 3 is 2.21 bits per heavy atom. The summed E-state index contributed by atoms with van der Waals surface area (Å²) >= 11 is 0. The van der Waals surface area contributed by atoms with Gasteiger partial charge in [-0.2, -0.15) is 0 Å². The third-order valence-corrected chi connectivity index (χ3v) is 9.30. The van der Waals surface area contributed by atoms with Gasteiger partial charge < -0.3 is 23.7 Å². The Hall–Kier alpha value is -3.76. The van der Waals surface area contributed by atoms with Gasteiger partial charge in [-0.15, -0.1) is 0 Å². The molecule has 0 N–H and O–H groups in total. The molecule has 2 saturated carbocycles. The van der Waals surface area contributed by atoms with Crippen LogP contribution >= 0.6 is 0 Å². The first-order chi connectivity index (χ1) is 19.8. The normalized spacial score (nSPS) is 32.0. The molecule has 0 amide bonds. The second kappa shape index (κ2) is 11.9. The number of fused-ring (bicyclic) bond motifs is 3. The van der Waals surface area contributed by atoms with Crippen molar-refractivity contribution in [1.82, 2.24) is 0 Å². The van der Waals surface area contributed by atoms with E-state index in [1.54, 1.807) is 19.9 Å². The van der Waals surface area contributed by atoms with Crippen molar-refractivity contribution in [2.24, 2.45) is 28.6 Å². The highest BCUT2D eigenvalue weighted by Gasteiger charge is 2.67. The maximum absolute atomic E-state index is 14.1. The minimum absolute atomic E-state index is 0.00489. The lowest BCUT2D eigenvalue weighted by molar-refractivity contribution is -0.210. The summed E-state index contributed by atoms with van der Waals surface area (Å²) in [4.78, 5) is 77.9. The predicted molar refractivity (Wildman–Crippen MR) is 145 cm³/mol. The topological polar surface area (TPSA) is 149 Å². The van der Waals surface area contributed by atoms with E-state index in [9.17, 15) is 28.8 Å². The quantitative estimate of drug-likeness (QED) is 0.340. The average molecular weight is 587 g/mol. The molecule has 228 valence electrons. The molecule has 2 aliphatic carbocycles. The molecule has 7 atom stereocenters. The largest absolute Gasteiger partial charge is 0.469 e. The number of methoxy groups -OCH3 is 1. The number of carbonyl (C=O) groups is 6. The molecule has 4 rings (SSSR count). The number of rotatable bonds is 7. The van der Waals surface area contributed by atoms with Crippen molar-refractivity contribution in [2.75, 3.05) is 20.3 Å². The molecule has 42 heavy (non-hydrogen) atoms. The highest BCUT2D eigenvalue weighted by atomic mass is 16.6. The van der Waals surface area contributed by atoms with E-state index in [1.807, 2.05) is 13.8 Å². The van der Waals surface area contributed by atoms with Crippen molar-refractivity contribution in [3.05, 3.63) is 34.9 Å². The fraction of sp³-hybridized carbons (Fsp3) is 0.613. The number of Topliss-reactive ketones (excluding diaryl/α,β-unsaturated/α-hetero) is 1. The van der Waals surface area contributed by atoms with Gasteiger partial charge in [0, 0.05) is 19.3 Å². The van der Waals surface area contributed by atoms with Crippen LogP contribution in [0.2, 0.25) is 0 Å². The van der Waals surface area contributed by atoms with Gasteiger partial charge in [-0.3, -0.25) is 19.2 Å². The van der Waals surface area contributed by atoms with Crippen molar-refractivity contribution < 1.29 is 52.5 Å². The summed E-state index contributed by atoms with van der Waals surface area (Å²) in [5.41, 5.74) is -1.42. The van der Waals surface area contributed by atoms with Crippen LogP contribution in [-0.2, 0) is 42.9 Å². The molecule has 0 radical (unpaired) electrons. The maximum atomic E-state index is 14.1. The fourth-order valence-electron chi connectivity index (χ4n) is 7.53. The number of hydrogen-bond donors (Lipinski definition) is 0. The monoisotopic (exact) mass is 586 g/mol. The molecule has 3 fully saturated rings. The molecule has 0 spiro atoms. The highest BCUT2D eigenvalue weighted by molar-refractivity contribution is 6.03. The number of carbonyl (C=O) groups excluding carboxylic acids is 6. The number of ketones is 1. The van der Waals surface area contributed by atoms with E-state index in [4.69, 9.17) is 23.7 Å². The molecule has 0 unspecified atom stereocenters. The molecule has 1 aromatic carbocycles. The summed E-state index contributed by atoms with van der Waals surface area (Å²) in [6.45, 7) is 8.39. The summed E-state index contributed by atoms with van der Waals surface area (Å²) in [7, 11) is 1.28. The number of esters is 5. The summed E-state index contributed by atoms with van der Waals surface area (Å²) < 4.78 is 26.7. The average Bonchev–Trinajstić information content (AvgIpc) is 2.93. The van der Waals surface area contributed by atoms with Crippen molar-refractivity contribution >= 4 is 35.6 Å². The Labute approximate surface area is 244 Å². The minimum Gasteiger partial charge on any atom is -0.469 e. The SMILES string of the molecule is CCOC(=O)c1ccc([C@@H]2C[C@]3(C)[C@H]4C(=O)[C@@H](OC(C)=O)C[C@@H](C(=O)OC)[C@]4(C)CC[C@H]3C(=O)O2)cc1C(=O)OCC. The van der Waals surface area contributed by atoms with Crippen molar-refractivity contribution in [3.8, 4) is 0 Å². The lowest BCUT2D eigenvalue weighted by atomic mass is 9.43. The predicted octanol–water partition coefficient (Wildman–Crippen LogP) is 3.76. The van der Waals surface area contributed by atoms with Crippen LogP contribution in [0.5, 0.6) is 0 Å². The molecule has 11 nitrogen and oxygen atoms in total. The van der Waals surface area contributed by atoms with Gasteiger partial charge in [-0.25, -0.2) is 9.59 Å². The van der Waals surface area contributed by atoms with E-state index in [-0.39, 0.29) is 43.0 Å². The highest BCUT2D eigenvalue weighted by Crippen LogP contribution is 2.65. The Kier molecular flexibility index (Phi) is 8.80. The van der Waals surface area contributed by atoms with Crippen LogP contribution in [0.15, 0.2) is 18.2 Å². The molecular formula is C31H38O11. The maximum Gasteiger partial charge on any atom is 0.339 e. The number of cyclic esters (lactones) is 1. The van der Waals surface area contributed by atoms with Crippen molar-refractivity contribution in [1.29, 1.82) is 0 Å². The molecule has 1 heterocycles. The van der Waals surface area contributed by atoms with Crippen LogP contribution in [0.1, 0.15) is 92.7 Å². The molecule has 1 aromatic rings. The molecular weight excluding hydrogens is 548 g/mol.